The van der Waals surface area contributed by atoms with Gasteiger partial charge in [-0.1, -0.05) is 54.1 Å². The zero-order valence-electron chi connectivity index (χ0n) is 30.0. The number of fused-ring (bicyclic) bond motifs is 2. The molecule has 1 aliphatic heterocycles. The Morgan fingerprint density at radius 2 is 1.67 bits per heavy atom. The van der Waals surface area contributed by atoms with E-state index in [1.165, 1.54) is 36.9 Å². The van der Waals surface area contributed by atoms with E-state index >= 15 is 0 Å². The highest BCUT2D eigenvalue weighted by Gasteiger charge is 2.28. The summed E-state index contributed by atoms with van der Waals surface area (Å²) < 4.78 is 39.6. The number of hydrogen-bond acceptors (Lipinski definition) is 12. The molecular formula is C40H38N8O5S. The van der Waals surface area contributed by atoms with E-state index in [0.717, 1.165) is 60.4 Å². The van der Waals surface area contributed by atoms with E-state index in [-0.39, 0.29) is 16.5 Å². The van der Waals surface area contributed by atoms with E-state index in [1.54, 1.807) is 22.9 Å². The van der Waals surface area contributed by atoms with Crippen molar-refractivity contribution < 1.29 is 17.0 Å². The van der Waals surface area contributed by atoms with Gasteiger partial charge in [-0.05, 0) is 62.4 Å². The number of benzene rings is 3. The van der Waals surface area contributed by atoms with Crippen LogP contribution in [0.5, 0.6) is 5.75 Å². The van der Waals surface area contributed by atoms with Crippen LogP contribution in [0, 0.1) is 6.92 Å². The first-order valence-electron chi connectivity index (χ1n) is 17.6. The van der Waals surface area contributed by atoms with E-state index in [2.05, 4.69) is 43.9 Å². The summed E-state index contributed by atoms with van der Waals surface area (Å²) in [4.78, 5) is 31.4. The maximum Gasteiger partial charge on any atom is 0.343 e. The van der Waals surface area contributed by atoms with Crippen LogP contribution in [0.2, 0.25) is 0 Å². The molecule has 14 heteroatoms. The summed E-state index contributed by atoms with van der Waals surface area (Å²) in [5, 5.41) is 6.60. The van der Waals surface area contributed by atoms with Crippen LogP contribution in [0.4, 0.5) is 5.82 Å². The first-order valence-corrected chi connectivity index (χ1v) is 19.0. The third-order valence-corrected chi connectivity index (χ3v) is 11.1. The lowest BCUT2D eigenvalue weighted by molar-refractivity contribution is 0.148. The summed E-state index contributed by atoms with van der Waals surface area (Å²) in [6.07, 6.45) is 4.18. The van der Waals surface area contributed by atoms with E-state index in [1.807, 2.05) is 44.2 Å². The Morgan fingerprint density at radius 1 is 0.907 bits per heavy atom. The van der Waals surface area contributed by atoms with Gasteiger partial charge in [0.2, 0.25) is 0 Å². The molecule has 1 fully saturated rings. The lowest BCUT2D eigenvalue weighted by atomic mass is 9.94. The molecule has 1 saturated heterocycles. The van der Waals surface area contributed by atoms with Crippen LogP contribution >= 0.6 is 0 Å². The minimum atomic E-state index is -4.15. The molecule has 0 radical (unpaired) electrons. The molecule has 0 amide bonds. The van der Waals surface area contributed by atoms with Gasteiger partial charge in [-0.15, -0.1) is 0 Å². The van der Waals surface area contributed by atoms with Crippen LogP contribution in [0.25, 0.3) is 44.2 Å². The third-order valence-electron chi connectivity index (χ3n) is 9.85. The highest BCUT2D eigenvalue weighted by atomic mass is 32.2. The number of likely N-dealkylation sites (N-methyl/N-ethyl adjacent to an activating group) is 1. The van der Waals surface area contributed by atoms with Gasteiger partial charge >= 0.3 is 15.7 Å². The molecule has 5 heterocycles. The van der Waals surface area contributed by atoms with Crippen LogP contribution in [0.15, 0.2) is 112 Å². The second-order valence-electron chi connectivity index (χ2n) is 13.6. The summed E-state index contributed by atoms with van der Waals surface area (Å²) in [5.74, 6) is 0.533. The van der Waals surface area contributed by atoms with Gasteiger partial charge in [-0.2, -0.15) is 13.5 Å². The fourth-order valence-corrected chi connectivity index (χ4v) is 7.86. The van der Waals surface area contributed by atoms with Crippen molar-refractivity contribution in [2.75, 3.05) is 39.0 Å². The molecule has 0 bridgehead atoms. The van der Waals surface area contributed by atoms with Crippen molar-refractivity contribution in [1.82, 2.24) is 34.5 Å². The van der Waals surface area contributed by atoms with Crippen molar-refractivity contribution >= 4 is 37.7 Å². The summed E-state index contributed by atoms with van der Waals surface area (Å²) in [5.41, 5.74) is 10.9. The Balaban J connectivity index is 1.22. The van der Waals surface area contributed by atoms with E-state index in [0.29, 0.717) is 33.4 Å². The van der Waals surface area contributed by atoms with Crippen LogP contribution in [-0.4, -0.2) is 76.2 Å². The maximum atomic E-state index is 13.6. The summed E-state index contributed by atoms with van der Waals surface area (Å²) in [6, 6.07) is 23.0. The van der Waals surface area contributed by atoms with Crippen molar-refractivity contribution in [3.05, 3.63) is 125 Å². The van der Waals surface area contributed by atoms with E-state index in [4.69, 9.17) is 19.4 Å². The monoisotopic (exact) mass is 742 g/mol. The van der Waals surface area contributed by atoms with Gasteiger partial charge in [-0.25, -0.2) is 19.4 Å². The molecule has 1 atom stereocenters. The Kier molecular flexibility index (Phi) is 9.17. The Morgan fingerprint density at radius 3 is 2.44 bits per heavy atom. The van der Waals surface area contributed by atoms with Crippen LogP contribution in [0.3, 0.4) is 0 Å². The van der Waals surface area contributed by atoms with Crippen molar-refractivity contribution in [1.29, 1.82) is 0 Å². The molecule has 54 heavy (non-hydrogen) atoms. The maximum absolute atomic E-state index is 13.6. The Hall–Kier alpha value is -5.96. The van der Waals surface area contributed by atoms with Gasteiger partial charge in [0.05, 0.1) is 17.0 Å². The van der Waals surface area contributed by atoms with E-state index in [9.17, 15) is 13.2 Å². The molecule has 13 nitrogen and oxygen atoms in total. The number of nitrogens with zero attached hydrogens (tertiary/aromatic N) is 7. The average Bonchev–Trinajstić information content (AvgIpc) is 3.57. The molecule has 4 aromatic heterocycles. The highest BCUT2D eigenvalue weighted by Crippen LogP contribution is 2.39. The molecule has 1 aliphatic rings. The fraction of sp³-hybridized carbons (Fsp3) is 0.225. The van der Waals surface area contributed by atoms with Crippen molar-refractivity contribution in [3.8, 4) is 28.1 Å². The molecule has 0 saturated carbocycles. The molecule has 7 aromatic rings. The summed E-state index contributed by atoms with van der Waals surface area (Å²) in [6.45, 7) is 8.55. The minimum absolute atomic E-state index is 0.0113. The first-order chi connectivity index (χ1) is 26.1. The number of aryl methyl sites for hydroxylation is 1. The quantitative estimate of drug-likeness (QED) is 0.181. The molecule has 2 N–H and O–H groups in total. The smallest absolute Gasteiger partial charge is 0.343 e. The van der Waals surface area contributed by atoms with Gasteiger partial charge in [0.15, 0.2) is 11.4 Å². The number of nitrogen functional groups attached to an aromatic ring is 1. The molecular weight excluding hydrogens is 705 g/mol. The Bertz CT molecular complexity index is 2690. The fourth-order valence-electron chi connectivity index (χ4n) is 6.95. The number of nitrogens with two attached hydrogens (primary N) is 1. The minimum Gasteiger partial charge on any atom is -0.424 e. The van der Waals surface area contributed by atoms with Gasteiger partial charge in [0.1, 0.15) is 34.5 Å². The number of pyridine rings is 1. The first kappa shape index (κ1) is 35.1. The van der Waals surface area contributed by atoms with Gasteiger partial charge < -0.3 is 19.2 Å². The number of aromatic nitrogens is 5. The summed E-state index contributed by atoms with van der Waals surface area (Å²) in [7, 11) is -2.01. The SMILES string of the molecule is Cc1ccc(S(=O)(=O)Oc2cncc(-c3nn([C@@H](C)c4oc(=O)c5ccccc5c4-c4cccc(CN5CCN(C)CC5)c4)c4ncnc(N)c34)c2)cc1. The number of anilines is 1. The predicted molar refractivity (Wildman–Crippen MR) is 206 cm³/mol. The zero-order valence-corrected chi connectivity index (χ0v) is 30.8. The lowest BCUT2D eigenvalue weighted by Crippen LogP contribution is -2.43. The molecule has 0 aliphatic carbocycles. The van der Waals surface area contributed by atoms with Gasteiger partial charge in [0, 0.05) is 55.4 Å². The predicted octanol–water partition coefficient (Wildman–Crippen LogP) is 5.68. The van der Waals surface area contributed by atoms with Crippen molar-refractivity contribution in [2.45, 2.75) is 31.3 Å². The highest BCUT2D eigenvalue weighted by molar-refractivity contribution is 7.87. The number of hydrogen-bond donors (Lipinski definition) is 1. The van der Waals surface area contributed by atoms with Crippen molar-refractivity contribution in [2.24, 2.45) is 0 Å². The van der Waals surface area contributed by atoms with Crippen molar-refractivity contribution in [3.63, 3.8) is 0 Å². The van der Waals surface area contributed by atoms with Crippen LogP contribution < -0.4 is 15.5 Å². The number of piperazine rings is 1. The van der Waals surface area contributed by atoms with Crippen LogP contribution in [0.1, 0.15) is 29.9 Å². The second kappa shape index (κ2) is 14.1. The zero-order chi connectivity index (χ0) is 37.6. The van der Waals surface area contributed by atoms with Crippen LogP contribution in [-0.2, 0) is 16.7 Å². The normalized spacial score (nSPS) is 14.8. The lowest BCUT2D eigenvalue weighted by Gasteiger charge is -2.32. The number of rotatable bonds is 9. The third kappa shape index (κ3) is 6.70. The molecule has 0 spiro atoms. The Labute approximate surface area is 311 Å². The standard InChI is InChI=1S/C40H38N8O5S/c1-25-11-13-31(14-12-25)54(50,51)53-30-20-29(21-42-22-30)36-35-38(41)43-24-44-39(35)48(45-36)26(2)37-34(32-9-4-5-10-33(32)40(49)52-37)28-8-6-7-27(19-28)23-47-17-15-46(3)16-18-47/h4-14,19-22,24,26H,15-18,23H2,1-3H3,(H2,41,43,44)/t26-/m0/s1. The molecule has 274 valence electrons. The molecule has 8 rings (SSSR count). The topological polar surface area (TPSA) is 163 Å². The second-order valence-corrected chi connectivity index (χ2v) is 15.2. The van der Waals surface area contributed by atoms with Gasteiger partial charge in [-0.3, -0.25) is 9.88 Å². The molecule has 3 aromatic carbocycles. The largest absolute Gasteiger partial charge is 0.424 e. The summed E-state index contributed by atoms with van der Waals surface area (Å²) >= 11 is 0. The van der Waals surface area contributed by atoms with Gasteiger partial charge in [0.25, 0.3) is 0 Å². The average molecular weight is 743 g/mol. The van der Waals surface area contributed by atoms with E-state index < -0.39 is 21.8 Å². The molecule has 0 unspecified atom stereocenters.